The van der Waals surface area contributed by atoms with E-state index in [2.05, 4.69) is 51.7 Å². The Labute approximate surface area is 166 Å². The van der Waals surface area contributed by atoms with Crippen molar-refractivity contribution < 1.29 is 4.74 Å². The molecule has 148 valence electrons. The van der Waals surface area contributed by atoms with E-state index in [1.54, 1.807) is 0 Å². The normalized spacial score (nSPS) is 30.9. The Morgan fingerprint density at radius 3 is 2.96 bits per heavy atom. The Balaban J connectivity index is 1.58. The lowest BCUT2D eigenvalue weighted by Crippen LogP contribution is -2.69. The summed E-state index contributed by atoms with van der Waals surface area (Å²) >= 11 is 6.48. The number of alkyl halides is 1. The minimum absolute atomic E-state index is 0.0133. The summed E-state index contributed by atoms with van der Waals surface area (Å²) in [6, 6.07) is 4.64. The van der Waals surface area contributed by atoms with E-state index in [9.17, 15) is 0 Å². The van der Waals surface area contributed by atoms with Crippen LogP contribution in [0.15, 0.2) is 18.2 Å². The van der Waals surface area contributed by atoms with Gasteiger partial charge in [0.05, 0.1) is 18.1 Å². The van der Waals surface area contributed by atoms with E-state index in [0.717, 1.165) is 50.4 Å². The van der Waals surface area contributed by atoms with Crippen molar-refractivity contribution >= 4 is 22.9 Å². The van der Waals surface area contributed by atoms with Gasteiger partial charge in [-0.15, -0.1) is 11.6 Å². The second kappa shape index (κ2) is 8.37. The third-order valence-electron chi connectivity index (χ3n) is 5.62. The van der Waals surface area contributed by atoms with E-state index < -0.39 is 0 Å². The molecule has 1 aromatic carbocycles. The molecule has 0 aromatic heterocycles. The third-order valence-corrected chi connectivity index (χ3v) is 6.25. The largest absolute Gasteiger partial charge is 0.492 e. The molecule has 4 atom stereocenters. The van der Waals surface area contributed by atoms with E-state index in [1.165, 1.54) is 16.7 Å². The fraction of sp³-hybridized carbons (Fsp3) is 0.600. The maximum absolute atomic E-state index is 6.48. The van der Waals surface area contributed by atoms with Crippen molar-refractivity contribution in [1.29, 1.82) is 0 Å². The second-order valence-electron chi connectivity index (χ2n) is 7.56. The maximum atomic E-state index is 6.48. The summed E-state index contributed by atoms with van der Waals surface area (Å²) in [4.78, 5) is 0. The summed E-state index contributed by atoms with van der Waals surface area (Å²) in [5.74, 6) is 1.07. The molecular formula is C20H30ClN5O. The number of fused-ring (bicyclic) bond motifs is 1. The molecule has 5 N–H and O–H groups in total. The Morgan fingerprint density at radius 1 is 1.22 bits per heavy atom. The van der Waals surface area contributed by atoms with Gasteiger partial charge in [-0.3, -0.25) is 10.6 Å². The van der Waals surface area contributed by atoms with Crippen LogP contribution in [-0.4, -0.2) is 50.6 Å². The first kappa shape index (κ1) is 19.0. The summed E-state index contributed by atoms with van der Waals surface area (Å²) in [6.45, 7) is 4.87. The van der Waals surface area contributed by atoms with Gasteiger partial charge in [0.1, 0.15) is 12.0 Å². The van der Waals surface area contributed by atoms with Crippen LogP contribution in [0.3, 0.4) is 0 Å². The highest BCUT2D eigenvalue weighted by atomic mass is 35.5. The van der Waals surface area contributed by atoms with Crippen LogP contribution in [0, 0.1) is 0 Å². The van der Waals surface area contributed by atoms with Gasteiger partial charge in [0.25, 0.3) is 0 Å². The summed E-state index contributed by atoms with van der Waals surface area (Å²) in [6.07, 6.45) is 5.51. The zero-order chi connectivity index (χ0) is 18.8. The molecule has 1 aromatic rings. The number of benzene rings is 1. The number of halogens is 1. The van der Waals surface area contributed by atoms with Gasteiger partial charge in [-0.1, -0.05) is 6.08 Å². The highest BCUT2D eigenvalue weighted by Crippen LogP contribution is 2.38. The highest BCUT2D eigenvalue weighted by Gasteiger charge is 2.32. The number of anilines is 1. The van der Waals surface area contributed by atoms with Crippen LogP contribution < -0.4 is 31.3 Å². The van der Waals surface area contributed by atoms with Crippen LogP contribution >= 0.6 is 11.6 Å². The lowest BCUT2D eigenvalue weighted by atomic mass is 9.96. The van der Waals surface area contributed by atoms with Gasteiger partial charge in [0.2, 0.25) is 0 Å². The highest BCUT2D eigenvalue weighted by molar-refractivity contribution is 6.21. The molecule has 4 rings (SSSR count). The molecule has 0 amide bonds. The molecule has 6 nitrogen and oxygen atoms in total. The smallest absolute Gasteiger partial charge is 0.133 e. The molecule has 0 radical (unpaired) electrons. The first-order valence-electron chi connectivity index (χ1n) is 9.95. The number of ether oxygens (including phenoxy) is 1. The molecule has 3 heterocycles. The predicted octanol–water partition coefficient (Wildman–Crippen LogP) is 1.82. The SMILES string of the molecule is CNC1NC(Nc2cc3c(c(C4=CCNCCC4)c2)OCC3)NC(C)C1Cl. The number of hydrogen-bond acceptors (Lipinski definition) is 6. The van der Waals surface area contributed by atoms with Crippen molar-refractivity contribution in [3.8, 4) is 5.75 Å². The molecule has 0 bridgehead atoms. The summed E-state index contributed by atoms with van der Waals surface area (Å²) in [7, 11) is 1.93. The fourth-order valence-corrected chi connectivity index (χ4v) is 4.41. The Kier molecular flexibility index (Phi) is 5.90. The Hall–Kier alpha value is -1.31. The van der Waals surface area contributed by atoms with Crippen molar-refractivity contribution in [3.05, 3.63) is 29.3 Å². The van der Waals surface area contributed by atoms with Crippen LogP contribution in [0.5, 0.6) is 5.75 Å². The van der Waals surface area contributed by atoms with Gasteiger partial charge < -0.3 is 20.7 Å². The second-order valence-corrected chi connectivity index (χ2v) is 8.06. The van der Waals surface area contributed by atoms with Gasteiger partial charge in [0.15, 0.2) is 0 Å². The van der Waals surface area contributed by atoms with Crippen LogP contribution in [0.2, 0.25) is 0 Å². The lowest BCUT2D eigenvalue weighted by Gasteiger charge is -2.40. The maximum Gasteiger partial charge on any atom is 0.133 e. The van der Waals surface area contributed by atoms with Gasteiger partial charge >= 0.3 is 0 Å². The van der Waals surface area contributed by atoms with Crippen molar-refractivity contribution in [3.63, 3.8) is 0 Å². The molecule has 4 unspecified atom stereocenters. The van der Waals surface area contributed by atoms with E-state index in [0.29, 0.717) is 0 Å². The van der Waals surface area contributed by atoms with Crippen molar-refractivity contribution in [1.82, 2.24) is 21.3 Å². The summed E-state index contributed by atoms with van der Waals surface area (Å²) in [5, 5.41) is 17.3. The molecule has 0 spiro atoms. The zero-order valence-corrected chi connectivity index (χ0v) is 16.8. The van der Waals surface area contributed by atoms with Crippen molar-refractivity contribution in [2.24, 2.45) is 0 Å². The molecule has 3 aliphatic heterocycles. The quantitative estimate of drug-likeness (QED) is 0.504. The number of nitrogens with one attached hydrogen (secondary N) is 5. The van der Waals surface area contributed by atoms with Gasteiger partial charge in [-0.25, -0.2) is 0 Å². The van der Waals surface area contributed by atoms with Crippen molar-refractivity contribution in [2.45, 2.75) is 50.1 Å². The first-order valence-corrected chi connectivity index (χ1v) is 10.4. The monoisotopic (exact) mass is 391 g/mol. The first-order chi connectivity index (χ1) is 13.2. The van der Waals surface area contributed by atoms with Crippen molar-refractivity contribution in [2.75, 3.05) is 32.1 Å². The minimum atomic E-state index is -0.0505. The Morgan fingerprint density at radius 2 is 2.11 bits per heavy atom. The molecule has 27 heavy (non-hydrogen) atoms. The molecule has 1 saturated heterocycles. The molecule has 0 saturated carbocycles. The molecule has 3 aliphatic rings. The molecule has 7 heteroatoms. The molecule has 1 fully saturated rings. The third kappa shape index (κ3) is 4.10. The van der Waals surface area contributed by atoms with E-state index >= 15 is 0 Å². The average Bonchev–Trinajstić information content (AvgIpc) is 2.96. The predicted molar refractivity (Wildman–Crippen MR) is 111 cm³/mol. The lowest BCUT2D eigenvalue weighted by molar-refractivity contribution is 0.254. The van der Waals surface area contributed by atoms with E-state index in [4.69, 9.17) is 16.3 Å². The average molecular weight is 392 g/mol. The van der Waals surface area contributed by atoms with Gasteiger partial charge in [-0.05, 0) is 51.1 Å². The topological polar surface area (TPSA) is 69.4 Å². The van der Waals surface area contributed by atoms with Crippen LogP contribution in [0.25, 0.3) is 5.57 Å². The molecule has 0 aliphatic carbocycles. The van der Waals surface area contributed by atoms with E-state index in [-0.39, 0.29) is 23.9 Å². The minimum Gasteiger partial charge on any atom is -0.492 e. The standard InChI is InChI=1S/C20H30ClN5O/c1-12-17(21)19(22-2)26-20(24-12)25-15-10-14-6-9-27-18(14)16(11-15)13-4-3-7-23-8-5-13/h5,10-12,17,19-20,22-26H,3-4,6-9H2,1-2H3. The number of rotatable bonds is 4. The molecular weight excluding hydrogens is 362 g/mol. The Bertz CT molecular complexity index is 710. The van der Waals surface area contributed by atoms with Crippen LogP contribution in [0.4, 0.5) is 5.69 Å². The summed E-state index contributed by atoms with van der Waals surface area (Å²) < 4.78 is 5.99. The summed E-state index contributed by atoms with van der Waals surface area (Å²) in [5.41, 5.74) is 5.01. The van der Waals surface area contributed by atoms with Gasteiger partial charge in [0, 0.05) is 35.8 Å². The number of hydrogen-bond donors (Lipinski definition) is 5. The fourth-order valence-electron chi connectivity index (χ4n) is 4.13. The van der Waals surface area contributed by atoms with Gasteiger partial charge in [-0.2, -0.15) is 0 Å². The van der Waals surface area contributed by atoms with Crippen LogP contribution in [-0.2, 0) is 6.42 Å². The number of allylic oxidation sites excluding steroid dienone is 1. The van der Waals surface area contributed by atoms with E-state index in [1.807, 2.05) is 7.05 Å². The zero-order valence-electron chi connectivity index (χ0n) is 16.1. The van der Waals surface area contributed by atoms with Crippen LogP contribution in [0.1, 0.15) is 30.9 Å².